The van der Waals surface area contributed by atoms with Crippen molar-refractivity contribution in [1.82, 2.24) is 20.2 Å². The number of nitro benzene ring substituents is 1. The van der Waals surface area contributed by atoms with Crippen molar-refractivity contribution < 1.29 is 9.72 Å². The monoisotopic (exact) mass is 308 g/mol. The predicted octanol–water partition coefficient (Wildman–Crippen LogP) is 1.16. The van der Waals surface area contributed by atoms with Gasteiger partial charge in [0.15, 0.2) is 0 Å². The van der Waals surface area contributed by atoms with Crippen molar-refractivity contribution in [1.29, 1.82) is 0 Å². The van der Waals surface area contributed by atoms with E-state index in [1.54, 1.807) is 26.1 Å². The summed E-state index contributed by atoms with van der Waals surface area (Å²) in [4.78, 5) is 22.4. The fourth-order valence-corrected chi connectivity index (χ4v) is 2.27. The number of aryl methyl sites for hydroxylation is 2. The molecule has 1 N–H and O–H groups in total. The van der Waals surface area contributed by atoms with Crippen molar-refractivity contribution in [2.75, 3.05) is 11.1 Å². The van der Waals surface area contributed by atoms with Crippen molar-refractivity contribution >= 4 is 29.0 Å². The summed E-state index contributed by atoms with van der Waals surface area (Å²) >= 11 is 1.15. The van der Waals surface area contributed by atoms with Gasteiger partial charge in [0.2, 0.25) is 11.1 Å². The molecule has 10 heteroatoms. The summed E-state index contributed by atoms with van der Waals surface area (Å²) in [7, 11) is 1.66. The quantitative estimate of drug-likeness (QED) is 0.500. The zero-order valence-electron chi connectivity index (χ0n) is 11.3. The van der Waals surface area contributed by atoms with Gasteiger partial charge in [-0.3, -0.25) is 14.9 Å². The van der Waals surface area contributed by atoms with Crippen molar-refractivity contribution in [2.45, 2.75) is 12.1 Å². The van der Waals surface area contributed by atoms with Crippen LogP contribution in [-0.4, -0.2) is 36.8 Å². The molecule has 0 saturated carbocycles. The van der Waals surface area contributed by atoms with Crippen molar-refractivity contribution in [3.63, 3.8) is 0 Å². The maximum atomic E-state index is 11.9. The van der Waals surface area contributed by atoms with Gasteiger partial charge in [-0.25, -0.2) is 4.68 Å². The maximum Gasteiger partial charge on any atom is 0.293 e. The molecule has 0 aliphatic rings. The van der Waals surface area contributed by atoms with Crippen LogP contribution in [0.5, 0.6) is 0 Å². The number of nitrogens with zero attached hydrogens (tertiary/aromatic N) is 5. The summed E-state index contributed by atoms with van der Waals surface area (Å²) in [5.41, 5.74) is 0.709. The number of tetrazole rings is 1. The normalized spacial score (nSPS) is 10.4. The molecule has 0 aliphatic carbocycles. The molecule has 2 rings (SSSR count). The Morgan fingerprint density at radius 3 is 2.90 bits per heavy atom. The van der Waals surface area contributed by atoms with E-state index in [1.807, 2.05) is 0 Å². The lowest BCUT2D eigenvalue weighted by atomic mass is 10.1. The number of benzene rings is 1. The zero-order chi connectivity index (χ0) is 15.4. The van der Waals surface area contributed by atoms with Crippen LogP contribution >= 0.6 is 11.8 Å². The Kier molecular flexibility index (Phi) is 4.48. The van der Waals surface area contributed by atoms with E-state index in [-0.39, 0.29) is 23.0 Å². The third kappa shape index (κ3) is 3.54. The second kappa shape index (κ2) is 6.31. The number of amides is 1. The molecule has 1 aromatic carbocycles. The predicted molar refractivity (Wildman–Crippen MR) is 76.0 cm³/mol. The van der Waals surface area contributed by atoms with Crippen LogP contribution < -0.4 is 5.32 Å². The number of nitro groups is 1. The summed E-state index contributed by atoms with van der Waals surface area (Å²) in [6, 6.07) is 4.62. The van der Waals surface area contributed by atoms with Gasteiger partial charge in [0.25, 0.3) is 5.69 Å². The second-order valence-electron chi connectivity index (χ2n) is 4.15. The number of hydrogen-bond acceptors (Lipinski definition) is 7. The molecule has 0 spiro atoms. The third-order valence-corrected chi connectivity index (χ3v) is 3.64. The summed E-state index contributed by atoms with van der Waals surface area (Å²) in [5, 5.41) is 24.9. The highest BCUT2D eigenvalue weighted by Crippen LogP contribution is 2.27. The van der Waals surface area contributed by atoms with Gasteiger partial charge in [-0.2, -0.15) is 0 Å². The Labute approximate surface area is 123 Å². The summed E-state index contributed by atoms with van der Waals surface area (Å²) in [5.74, 6) is -0.305. The number of thioether (sulfide) groups is 1. The molecule has 1 heterocycles. The number of anilines is 1. The van der Waals surface area contributed by atoms with Gasteiger partial charge < -0.3 is 5.32 Å². The number of hydrogen-bond donors (Lipinski definition) is 1. The van der Waals surface area contributed by atoms with Crippen LogP contribution in [0.15, 0.2) is 23.4 Å². The fourth-order valence-electron chi connectivity index (χ4n) is 1.62. The lowest BCUT2D eigenvalue weighted by Gasteiger charge is -2.08. The Bertz CT molecular complexity index is 686. The van der Waals surface area contributed by atoms with E-state index in [9.17, 15) is 14.9 Å². The van der Waals surface area contributed by atoms with Crippen LogP contribution in [0, 0.1) is 17.0 Å². The van der Waals surface area contributed by atoms with Gasteiger partial charge >= 0.3 is 0 Å². The molecule has 1 amide bonds. The summed E-state index contributed by atoms with van der Waals surface area (Å²) in [6.45, 7) is 1.70. The fraction of sp³-hybridized carbons (Fsp3) is 0.273. The molecule has 0 radical (unpaired) electrons. The highest BCUT2D eigenvalue weighted by Gasteiger charge is 2.18. The number of para-hydroxylation sites is 1. The first-order valence-corrected chi connectivity index (χ1v) is 6.86. The second-order valence-corrected chi connectivity index (χ2v) is 5.09. The lowest BCUT2D eigenvalue weighted by Crippen LogP contribution is -2.16. The molecule has 0 atom stereocenters. The number of carbonyl (C=O) groups is 1. The van der Waals surface area contributed by atoms with Crippen LogP contribution in [0.25, 0.3) is 0 Å². The van der Waals surface area contributed by atoms with Crippen LogP contribution in [0.3, 0.4) is 0 Å². The van der Waals surface area contributed by atoms with E-state index in [4.69, 9.17) is 0 Å². The number of rotatable bonds is 5. The van der Waals surface area contributed by atoms with Crippen LogP contribution in [0.4, 0.5) is 11.4 Å². The minimum atomic E-state index is -0.525. The minimum Gasteiger partial charge on any atom is -0.319 e. The molecular formula is C11H12N6O3S. The number of aromatic nitrogens is 4. The molecule has 0 unspecified atom stereocenters. The van der Waals surface area contributed by atoms with Gasteiger partial charge in [0, 0.05) is 13.1 Å². The van der Waals surface area contributed by atoms with E-state index in [0.29, 0.717) is 10.7 Å². The smallest absolute Gasteiger partial charge is 0.293 e. The van der Waals surface area contributed by atoms with E-state index in [2.05, 4.69) is 20.8 Å². The minimum absolute atomic E-state index is 0.0553. The average molecular weight is 308 g/mol. The topological polar surface area (TPSA) is 116 Å². The van der Waals surface area contributed by atoms with Crippen molar-refractivity contribution in [3.05, 3.63) is 33.9 Å². The molecule has 2 aromatic rings. The Balaban J connectivity index is 2.06. The Morgan fingerprint density at radius 2 is 2.29 bits per heavy atom. The van der Waals surface area contributed by atoms with Gasteiger partial charge in [0.05, 0.1) is 10.7 Å². The molecule has 0 fully saturated rings. The third-order valence-electron chi connectivity index (χ3n) is 2.63. The average Bonchev–Trinajstić information content (AvgIpc) is 2.84. The molecule has 0 saturated heterocycles. The highest BCUT2D eigenvalue weighted by molar-refractivity contribution is 7.99. The van der Waals surface area contributed by atoms with Crippen molar-refractivity contribution in [2.24, 2.45) is 7.05 Å². The molecule has 9 nitrogen and oxygen atoms in total. The van der Waals surface area contributed by atoms with E-state index in [1.165, 1.54) is 10.7 Å². The molecule has 110 valence electrons. The number of carbonyl (C=O) groups excluding carboxylic acids is 1. The Hall–Kier alpha value is -2.49. The van der Waals surface area contributed by atoms with Gasteiger partial charge in [-0.15, -0.1) is 5.10 Å². The maximum absolute atomic E-state index is 11.9. The molecular weight excluding hydrogens is 296 g/mol. The van der Waals surface area contributed by atoms with Crippen LogP contribution in [0.2, 0.25) is 0 Å². The van der Waals surface area contributed by atoms with Gasteiger partial charge in [-0.1, -0.05) is 23.9 Å². The van der Waals surface area contributed by atoms with E-state index in [0.717, 1.165) is 11.8 Å². The zero-order valence-corrected chi connectivity index (χ0v) is 12.1. The van der Waals surface area contributed by atoms with E-state index >= 15 is 0 Å². The number of nitrogens with one attached hydrogen (secondary N) is 1. The first-order valence-electron chi connectivity index (χ1n) is 5.88. The SMILES string of the molecule is Cc1cccc([N+](=O)[O-])c1NC(=O)CSc1nnnn1C. The summed E-state index contributed by atoms with van der Waals surface area (Å²) < 4.78 is 1.44. The lowest BCUT2D eigenvalue weighted by molar-refractivity contribution is -0.384. The molecule has 0 bridgehead atoms. The largest absolute Gasteiger partial charge is 0.319 e. The molecule has 0 aliphatic heterocycles. The first kappa shape index (κ1) is 14.9. The Morgan fingerprint density at radius 1 is 1.52 bits per heavy atom. The van der Waals surface area contributed by atoms with Crippen molar-refractivity contribution in [3.8, 4) is 0 Å². The van der Waals surface area contributed by atoms with Gasteiger partial charge in [0.1, 0.15) is 5.69 Å². The highest BCUT2D eigenvalue weighted by atomic mass is 32.2. The molecule has 21 heavy (non-hydrogen) atoms. The van der Waals surface area contributed by atoms with E-state index < -0.39 is 4.92 Å². The van der Waals surface area contributed by atoms with Crippen LogP contribution in [0.1, 0.15) is 5.56 Å². The van der Waals surface area contributed by atoms with Gasteiger partial charge in [-0.05, 0) is 22.9 Å². The molecule has 1 aromatic heterocycles. The standard InChI is InChI=1S/C11H12N6O3S/c1-7-4-3-5-8(17(19)20)10(7)12-9(18)6-21-11-13-14-15-16(11)2/h3-5H,6H2,1-2H3,(H,12,18). The summed E-state index contributed by atoms with van der Waals surface area (Å²) in [6.07, 6.45) is 0. The van der Waals surface area contributed by atoms with Crippen LogP contribution in [-0.2, 0) is 11.8 Å². The first-order chi connectivity index (χ1) is 9.99.